The van der Waals surface area contributed by atoms with Gasteiger partial charge in [0.1, 0.15) is 0 Å². The Morgan fingerprint density at radius 2 is 0.617 bits per heavy atom. The molecule has 4 unspecified atom stereocenters. The topological polar surface area (TPSA) is 267 Å². The Bertz CT molecular complexity index is 1370. The predicted molar refractivity (Wildman–Crippen MR) is 158 cm³/mol. The first-order valence-corrected chi connectivity index (χ1v) is 14.4. The summed E-state index contributed by atoms with van der Waals surface area (Å²) in [6.45, 7) is 0. The SMILES string of the molecule is O=C(O)CCC(C(=O)O)c1ccc(C(CCC(=O)O)C(=O)OC(=O)C(CCC(=O)O)c2ccc(C(CCC(=O)O)C(=O)O)cc2)cc1. The molecule has 0 spiro atoms. The van der Waals surface area contributed by atoms with E-state index in [4.69, 9.17) is 14.9 Å². The number of carboxylic acid groups (broad SMARTS) is 6. The minimum atomic E-state index is -1.31. The van der Waals surface area contributed by atoms with E-state index in [2.05, 4.69) is 0 Å². The molecule has 2 aromatic carbocycles. The smallest absolute Gasteiger partial charge is 0.321 e. The van der Waals surface area contributed by atoms with E-state index in [-0.39, 0.29) is 47.9 Å². The summed E-state index contributed by atoms with van der Waals surface area (Å²) in [6.07, 6.45) is -2.89. The molecule has 15 nitrogen and oxygen atoms in total. The van der Waals surface area contributed by atoms with Crippen molar-refractivity contribution in [3.63, 3.8) is 0 Å². The summed E-state index contributed by atoms with van der Waals surface area (Å²) in [5.41, 5.74) is 0.828. The van der Waals surface area contributed by atoms with E-state index in [0.717, 1.165) is 0 Å². The van der Waals surface area contributed by atoms with Crippen LogP contribution in [0.4, 0.5) is 0 Å². The number of ether oxygens (including phenoxy) is 1. The number of aliphatic carboxylic acids is 6. The number of rotatable bonds is 20. The van der Waals surface area contributed by atoms with Gasteiger partial charge in [0.25, 0.3) is 0 Å². The van der Waals surface area contributed by atoms with E-state index in [1.54, 1.807) is 0 Å². The van der Waals surface area contributed by atoms with Crippen LogP contribution in [0, 0.1) is 0 Å². The number of hydrogen-bond acceptors (Lipinski definition) is 9. The molecule has 0 aliphatic heterocycles. The zero-order valence-electron chi connectivity index (χ0n) is 24.9. The van der Waals surface area contributed by atoms with Crippen LogP contribution >= 0.6 is 0 Å². The fourth-order valence-corrected chi connectivity index (χ4v) is 4.94. The minimum Gasteiger partial charge on any atom is -0.481 e. The van der Waals surface area contributed by atoms with Gasteiger partial charge in [-0.3, -0.25) is 38.4 Å². The minimum absolute atomic E-state index is 0.183. The lowest BCUT2D eigenvalue weighted by Gasteiger charge is -2.20. The van der Waals surface area contributed by atoms with Gasteiger partial charge in [-0.25, -0.2) is 0 Å². The lowest BCUT2D eigenvalue weighted by molar-refractivity contribution is -0.162. The molecule has 0 saturated heterocycles. The number of esters is 2. The van der Waals surface area contributed by atoms with E-state index >= 15 is 0 Å². The molecule has 2 aromatic rings. The average Bonchev–Trinajstić information content (AvgIpc) is 2.98. The number of carbonyl (C=O) groups is 8. The van der Waals surface area contributed by atoms with Crippen LogP contribution in [0.1, 0.15) is 97.3 Å². The van der Waals surface area contributed by atoms with Crippen molar-refractivity contribution < 1.29 is 73.7 Å². The first-order valence-electron chi connectivity index (χ1n) is 14.4. The van der Waals surface area contributed by atoms with Gasteiger partial charge in [-0.15, -0.1) is 0 Å². The van der Waals surface area contributed by atoms with Gasteiger partial charge in [0.2, 0.25) is 0 Å². The molecule has 0 heterocycles. The van der Waals surface area contributed by atoms with E-state index in [0.29, 0.717) is 0 Å². The lowest BCUT2D eigenvalue weighted by atomic mass is 9.89. The molecule has 0 radical (unpaired) electrons. The second-order valence-corrected chi connectivity index (χ2v) is 10.7. The van der Waals surface area contributed by atoms with Crippen LogP contribution in [0.5, 0.6) is 0 Å². The highest BCUT2D eigenvalue weighted by molar-refractivity contribution is 5.93. The first kappa shape index (κ1) is 37.6. The van der Waals surface area contributed by atoms with Crippen LogP contribution in [0.3, 0.4) is 0 Å². The Morgan fingerprint density at radius 3 is 0.830 bits per heavy atom. The third-order valence-electron chi connectivity index (χ3n) is 7.44. The average molecular weight is 659 g/mol. The molecule has 252 valence electrons. The van der Waals surface area contributed by atoms with Crippen molar-refractivity contribution in [2.24, 2.45) is 0 Å². The first-order chi connectivity index (χ1) is 22.1. The van der Waals surface area contributed by atoms with Gasteiger partial charge in [-0.2, -0.15) is 0 Å². The van der Waals surface area contributed by atoms with Gasteiger partial charge in [0, 0.05) is 25.7 Å². The van der Waals surface area contributed by atoms with E-state index in [9.17, 15) is 58.8 Å². The summed E-state index contributed by atoms with van der Waals surface area (Å²) in [7, 11) is 0. The van der Waals surface area contributed by atoms with Crippen LogP contribution in [-0.4, -0.2) is 78.4 Å². The lowest BCUT2D eigenvalue weighted by Crippen LogP contribution is -2.25. The van der Waals surface area contributed by atoms with Gasteiger partial charge in [0.15, 0.2) is 0 Å². The molecule has 0 aliphatic carbocycles. The molecule has 0 amide bonds. The van der Waals surface area contributed by atoms with Crippen molar-refractivity contribution in [1.29, 1.82) is 0 Å². The summed E-state index contributed by atoms with van der Waals surface area (Å²) in [6, 6.07) is 10.7. The molecular weight excluding hydrogens is 624 g/mol. The number of benzene rings is 2. The monoisotopic (exact) mass is 658 g/mol. The number of carboxylic acids is 6. The van der Waals surface area contributed by atoms with Gasteiger partial charge >= 0.3 is 47.8 Å². The molecule has 15 heteroatoms. The Labute approximate surface area is 267 Å². The number of carbonyl (C=O) groups excluding carboxylic acids is 2. The maximum atomic E-state index is 13.3. The predicted octanol–water partition coefficient (Wildman–Crippen LogP) is 3.42. The summed E-state index contributed by atoms with van der Waals surface area (Å²) in [4.78, 5) is 94.4. The van der Waals surface area contributed by atoms with E-state index in [1.807, 2.05) is 0 Å². The van der Waals surface area contributed by atoms with Gasteiger partial charge in [-0.05, 0) is 47.9 Å². The van der Waals surface area contributed by atoms with Crippen LogP contribution in [-0.2, 0) is 43.1 Å². The summed E-state index contributed by atoms with van der Waals surface area (Å²) in [5.74, 6) is -14.7. The second-order valence-electron chi connectivity index (χ2n) is 10.7. The quantitative estimate of drug-likeness (QED) is 0.0879. The van der Waals surface area contributed by atoms with Crippen molar-refractivity contribution in [2.75, 3.05) is 0 Å². The maximum absolute atomic E-state index is 13.3. The standard InChI is InChI=1S/C32H34O15/c33-25(34)13-9-21(29(41)42)17-1-5-19(6-2-17)23(11-15-27(37)38)31(45)47-32(46)24(12-16-28(39)40)20-7-3-18(4-8-20)22(30(43)44)10-14-26(35)36/h1-8,21-24H,9-16H2,(H,33,34)(H,35,36)(H,37,38)(H,39,40)(H,41,42)(H,43,44). The zero-order valence-corrected chi connectivity index (χ0v) is 24.9. The number of hydrogen-bond donors (Lipinski definition) is 6. The molecule has 0 bridgehead atoms. The Hall–Kier alpha value is -5.60. The molecule has 0 saturated carbocycles. The largest absolute Gasteiger partial charge is 0.481 e. The Balaban J connectivity index is 2.35. The van der Waals surface area contributed by atoms with Gasteiger partial charge < -0.3 is 35.4 Å². The summed E-state index contributed by atoms with van der Waals surface area (Å²) in [5, 5.41) is 55.3. The maximum Gasteiger partial charge on any atom is 0.321 e. The molecule has 47 heavy (non-hydrogen) atoms. The molecular formula is C32H34O15. The summed E-state index contributed by atoms with van der Waals surface area (Å²) >= 11 is 0. The third-order valence-corrected chi connectivity index (χ3v) is 7.44. The van der Waals surface area contributed by atoms with Crippen molar-refractivity contribution in [2.45, 2.75) is 75.0 Å². The van der Waals surface area contributed by atoms with Gasteiger partial charge in [0.05, 0.1) is 23.7 Å². The molecule has 4 atom stereocenters. The molecule has 6 N–H and O–H groups in total. The van der Waals surface area contributed by atoms with Crippen molar-refractivity contribution in [3.8, 4) is 0 Å². The van der Waals surface area contributed by atoms with E-state index in [1.165, 1.54) is 48.5 Å². The third kappa shape index (κ3) is 12.0. The molecule has 0 aliphatic rings. The zero-order chi connectivity index (χ0) is 35.3. The van der Waals surface area contributed by atoms with Crippen LogP contribution < -0.4 is 0 Å². The molecule has 0 fully saturated rings. The normalized spacial score (nSPS) is 13.4. The second kappa shape index (κ2) is 17.8. The van der Waals surface area contributed by atoms with Gasteiger partial charge in [-0.1, -0.05) is 48.5 Å². The summed E-state index contributed by atoms with van der Waals surface area (Å²) < 4.78 is 5.13. The Kier molecular flexibility index (Phi) is 14.2. The molecule has 2 rings (SSSR count). The highest BCUT2D eigenvalue weighted by Gasteiger charge is 2.31. The van der Waals surface area contributed by atoms with Crippen LogP contribution in [0.2, 0.25) is 0 Å². The van der Waals surface area contributed by atoms with E-state index < -0.39 is 97.1 Å². The van der Waals surface area contributed by atoms with Crippen molar-refractivity contribution in [1.82, 2.24) is 0 Å². The van der Waals surface area contributed by atoms with Crippen LogP contribution in [0.25, 0.3) is 0 Å². The van der Waals surface area contributed by atoms with Crippen molar-refractivity contribution in [3.05, 3.63) is 70.8 Å². The fraction of sp³-hybridized carbons (Fsp3) is 0.375. The Morgan fingerprint density at radius 1 is 0.404 bits per heavy atom. The highest BCUT2D eigenvalue weighted by atomic mass is 16.6. The van der Waals surface area contributed by atoms with Crippen molar-refractivity contribution >= 4 is 47.8 Å². The fourth-order valence-electron chi connectivity index (χ4n) is 4.94. The molecule has 0 aromatic heterocycles. The van der Waals surface area contributed by atoms with Crippen LogP contribution in [0.15, 0.2) is 48.5 Å². The highest BCUT2D eigenvalue weighted by Crippen LogP contribution is 2.31.